The summed E-state index contributed by atoms with van der Waals surface area (Å²) in [7, 11) is 0. The van der Waals surface area contributed by atoms with Crippen LogP contribution in [-0.2, 0) is 6.54 Å². The van der Waals surface area contributed by atoms with Crippen molar-refractivity contribution in [1.82, 2.24) is 4.98 Å². The number of ether oxygens (including phenoxy) is 1. The molecule has 2 unspecified atom stereocenters. The lowest BCUT2D eigenvalue weighted by atomic mass is 9.88. The first kappa shape index (κ1) is 13.4. The number of rotatable bonds is 3. The fourth-order valence-corrected chi connectivity index (χ4v) is 3.06. The van der Waals surface area contributed by atoms with Crippen molar-refractivity contribution in [2.24, 2.45) is 11.7 Å². The molecule has 0 saturated heterocycles. The van der Waals surface area contributed by atoms with E-state index in [9.17, 15) is 0 Å². The van der Waals surface area contributed by atoms with Gasteiger partial charge in [0.1, 0.15) is 6.10 Å². The molecule has 0 bridgehead atoms. The van der Waals surface area contributed by atoms with E-state index in [1.54, 1.807) is 0 Å². The number of benzene rings is 1. The molecule has 0 radical (unpaired) electrons. The molecule has 1 saturated carbocycles. The average molecular weight is 270 g/mol. The summed E-state index contributed by atoms with van der Waals surface area (Å²) in [6, 6.07) is 10.1. The molecule has 2 N–H and O–H groups in total. The van der Waals surface area contributed by atoms with E-state index < -0.39 is 0 Å². The summed E-state index contributed by atoms with van der Waals surface area (Å²) in [4.78, 5) is 4.63. The maximum Gasteiger partial charge on any atom is 0.214 e. The van der Waals surface area contributed by atoms with Gasteiger partial charge in [0, 0.05) is 18.0 Å². The molecule has 0 spiro atoms. The van der Waals surface area contributed by atoms with E-state index in [0.717, 1.165) is 28.8 Å². The van der Waals surface area contributed by atoms with Crippen LogP contribution in [0.15, 0.2) is 30.3 Å². The summed E-state index contributed by atoms with van der Waals surface area (Å²) in [6.07, 6.45) is 5.25. The summed E-state index contributed by atoms with van der Waals surface area (Å²) >= 11 is 0. The van der Waals surface area contributed by atoms with Gasteiger partial charge < -0.3 is 10.5 Å². The average Bonchev–Trinajstić information content (AvgIpc) is 2.49. The van der Waals surface area contributed by atoms with Gasteiger partial charge in [-0.1, -0.05) is 31.5 Å². The minimum absolute atomic E-state index is 0.294. The Morgan fingerprint density at radius 3 is 2.85 bits per heavy atom. The Labute approximate surface area is 120 Å². The third kappa shape index (κ3) is 2.63. The van der Waals surface area contributed by atoms with Crippen molar-refractivity contribution in [2.75, 3.05) is 0 Å². The smallest absolute Gasteiger partial charge is 0.214 e. The van der Waals surface area contributed by atoms with Crippen molar-refractivity contribution in [3.63, 3.8) is 0 Å². The number of fused-ring (bicyclic) bond motifs is 1. The molecule has 0 amide bonds. The van der Waals surface area contributed by atoms with Crippen LogP contribution in [0.1, 0.15) is 38.2 Å². The second kappa shape index (κ2) is 5.80. The molecule has 3 nitrogen and oxygen atoms in total. The maximum absolute atomic E-state index is 6.15. The Morgan fingerprint density at radius 2 is 2.05 bits per heavy atom. The molecule has 1 aromatic carbocycles. The maximum atomic E-state index is 6.15. The molecule has 1 aliphatic rings. The molecule has 3 rings (SSSR count). The number of aromatic nitrogens is 1. The van der Waals surface area contributed by atoms with Crippen molar-refractivity contribution >= 4 is 10.9 Å². The molecule has 20 heavy (non-hydrogen) atoms. The SMILES string of the molecule is CC1CCCCC1Oc1cc(CN)c2ccccc2n1. The van der Waals surface area contributed by atoms with Crippen LogP contribution in [0.3, 0.4) is 0 Å². The van der Waals surface area contributed by atoms with Crippen LogP contribution < -0.4 is 10.5 Å². The van der Waals surface area contributed by atoms with Gasteiger partial charge >= 0.3 is 0 Å². The normalized spacial score (nSPS) is 22.9. The van der Waals surface area contributed by atoms with Crippen LogP contribution in [0.25, 0.3) is 10.9 Å². The molecule has 1 fully saturated rings. The van der Waals surface area contributed by atoms with E-state index in [2.05, 4.69) is 18.0 Å². The Hall–Kier alpha value is -1.61. The van der Waals surface area contributed by atoms with E-state index in [-0.39, 0.29) is 0 Å². The molecule has 0 aliphatic heterocycles. The second-order valence-electron chi connectivity index (χ2n) is 5.76. The Bertz CT molecular complexity index is 597. The largest absolute Gasteiger partial charge is 0.474 e. The van der Waals surface area contributed by atoms with Crippen molar-refractivity contribution in [3.05, 3.63) is 35.9 Å². The third-order valence-corrected chi connectivity index (χ3v) is 4.30. The number of para-hydroxylation sites is 1. The van der Waals surface area contributed by atoms with Crippen LogP contribution in [-0.4, -0.2) is 11.1 Å². The molecule has 106 valence electrons. The van der Waals surface area contributed by atoms with Gasteiger partial charge in [-0.2, -0.15) is 0 Å². The van der Waals surface area contributed by atoms with E-state index in [0.29, 0.717) is 18.6 Å². The predicted octanol–water partition coefficient (Wildman–Crippen LogP) is 3.65. The lowest BCUT2D eigenvalue weighted by Crippen LogP contribution is -2.28. The summed E-state index contributed by atoms with van der Waals surface area (Å²) in [5.41, 5.74) is 7.93. The van der Waals surface area contributed by atoms with E-state index in [4.69, 9.17) is 10.5 Å². The molecule has 1 heterocycles. The fraction of sp³-hybridized carbons (Fsp3) is 0.471. The molecule has 1 aliphatic carbocycles. The predicted molar refractivity (Wildman–Crippen MR) is 81.7 cm³/mol. The highest BCUT2D eigenvalue weighted by molar-refractivity contribution is 5.82. The van der Waals surface area contributed by atoms with E-state index in [1.165, 1.54) is 19.3 Å². The van der Waals surface area contributed by atoms with Crippen LogP contribution in [0, 0.1) is 5.92 Å². The van der Waals surface area contributed by atoms with Gasteiger partial charge in [-0.05, 0) is 36.8 Å². The lowest BCUT2D eigenvalue weighted by Gasteiger charge is -2.29. The van der Waals surface area contributed by atoms with Crippen LogP contribution in [0.2, 0.25) is 0 Å². The van der Waals surface area contributed by atoms with Crippen LogP contribution >= 0.6 is 0 Å². The van der Waals surface area contributed by atoms with Gasteiger partial charge in [0.05, 0.1) is 5.52 Å². The van der Waals surface area contributed by atoms with Gasteiger partial charge in [-0.15, -0.1) is 0 Å². The zero-order valence-electron chi connectivity index (χ0n) is 12.0. The van der Waals surface area contributed by atoms with Crippen molar-refractivity contribution in [1.29, 1.82) is 0 Å². The second-order valence-corrected chi connectivity index (χ2v) is 5.76. The highest BCUT2D eigenvalue weighted by Gasteiger charge is 2.23. The minimum atomic E-state index is 0.294. The van der Waals surface area contributed by atoms with Crippen LogP contribution in [0.5, 0.6) is 5.88 Å². The molecule has 2 aromatic rings. The van der Waals surface area contributed by atoms with Gasteiger partial charge in [0.2, 0.25) is 5.88 Å². The Balaban J connectivity index is 1.91. The summed E-state index contributed by atoms with van der Waals surface area (Å²) in [5, 5.41) is 1.12. The first-order valence-electron chi connectivity index (χ1n) is 7.53. The first-order chi connectivity index (χ1) is 9.78. The number of pyridine rings is 1. The fourth-order valence-electron chi connectivity index (χ4n) is 3.06. The third-order valence-electron chi connectivity index (χ3n) is 4.30. The van der Waals surface area contributed by atoms with Gasteiger partial charge in [-0.25, -0.2) is 4.98 Å². The van der Waals surface area contributed by atoms with Gasteiger partial charge in [0.25, 0.3) is 0 Å². The summed E-state index contributed by atoms with van der Waals surface area (Å²) in [6.45, 7) is 2.79. The van der Waals surface area contributed by atoms with Gasteiger partial charge in [0.15, 0.2) is 0 Å². The number of hydrogen-bond donors (Lipinski definition) is 1. The zero-order valence-corrected chi connectivity index (χ0v) is 12.0. The Kier molecular flexibility index (Phi) is 3.88. The van der Waals surface area contributed by atoms with Crippen molar-refractivity contribution in [2.45, 2.75) is 45.3 Å². The molecule has 2 atom stereocenters. The molecular weight excluding hydrogens is 248 g/mol. The summed E-state index contributed by atoms with van der Waals surface area (Å²) in [5.74, 6) is 1.33. The zero-order chi connectivity index (χ0) is 13.9. The highest BCUT2D eigenvalue weighted by Crippen LogP contribution is 2.29. The topological polar surface area (TPSA) is 48.1 Å². The van der Waals surface area contributed by atoms with Crippen molar-refractivity contribution < 1.29 is 4.74 Å². The molecule has 3 heteroatoms. The van der Waals surface area contributed by atoms with Crippen molar-refractivity contribution in [3.8, 4) is 5.88 Å². The molecule has 1 aromatic heterocycles. The van der Waals surface area contributed by atoms with E-state index in [1.807, 2.05) is 24.3 Å². The Morgan fingerprint density at radius 1 is 1.25 bits per heavy atom. The standard InChI is InChI=1S/C17H22N2O/c1-12-6-2-5-9-16(12)20-17-10-13(11-18)14-7-3-4-8-15(14)19-17/h3-4,7-8,10,12,16H,2,5-6,9,11,18H2,1H3. The van der Waals surface area contributed by atoms with Crippen LogP contribution in [0.4, 0.5) is 0 Å². The van der Waals surface area contributed by atoms with Gasteiger partial charge in [-0.3, -0.25) is 0 Å². The molecular formula is C17H22N2O. The first-order valence-corrected chi connectivity index (χ1v) is 7.53. The number of nitrogens with two attached hydrogens (primary N) is 1. The number of nitrogens with zero attached hydrogens (tertiary/aromatic N) is 1. The number of hydrogen-bond acceptors (Lipinski definition) is 3. The minimum Gasteiger partial charge on any atom is -0.474 e. The monoisotopic (exact) mass is 270 g/mol. The quantitative estimate of drug-likeness (QED) is 0.926. The van der Waals surface area contributed by atoms with E-state index >= 15 is 0 Å². The lowest BCUT2D eigenvalue weighted by molar-refractivity contribution is 0.0979. The summed E-state index contributed by atoms with van der Waals surface area (Å²) < 4.78 is 6.15. The highest BCUT2D eigenvalue weighted by atomic mass is 16.5.